The first kappa shape index (κ1) is 20.5. The molecule has 3 N–H and O–H groups in total. The fourth-order valence-electron chi connectivity index (χ4n) is 3.46. The number of nitrogens with zero attached hydrogens (tertiary/aromatic N) is 1. The summed E-state index contributed by atoms with van der Waals surface area (Å²) in [7, 11) is -3.51. The first-order valence-corrected chi connectivity index (χ1v) is 11.0. The summed E-state index contributed by atoms with van der Waals surface area (Å²) in [5.74, 6) is -2.02. The molecule has 0 saturated carbocycles. The zero-order valence-corrected chi connectivity index (χ0v) is 17.1. The third-order valence-corrected chi connectivity index (χ3v) is 5.35. The third kappa shape index (κ3) is 4.13. The second-order valence-electron chi connectivity index (χ2n) is 7.06. The largest absolute Gasteiger partial charge is 0.366 e. The molecule has 0 aliphatic rings. The van der Waals surface area contributed by atoms with Crippen LogP contribution in [-0.4, -0.2) is 25.1 Å². The van der Waals surface area contributed by atoms with E-state index in [4.69, 9.17) is 5.73 Å². The number of halogens is 2. The van der Waals surface area contributed by atoms with Gasteiger partial charge in [0.1, 0.15) is 11.6 Å². The lowest BCUT2D eigenvalue weighted by Gasteiger charge is -2.10. The Labute approximate surface area is 177 Å². The second-order valence-corrected chi connectivity index (χ2v) is 8.81. The zero-order valence-electron chi connectivity index (χ0n) is 16.3. The Bertz CT molecular complexity index is 1450. The van der Waals surface area contributed by atoms with Gasteiger partial charge in [0.15, 0.2) is 0 Å². The summed E-state index contributed by atoms with van der Waals surface area (Å²) in [5, 5.41) is 0.532. The van der Waals surface area contributed by atoms with Crippen LogP contribution in [0.3, 0.4) is 0 Å². The molecule has 1 aromatic heterocycles. The van der Waals surface area contributed by atoms with Crippen molar-refractivity contribution in [3.8, 4) is 16.8 Å². The molecule has 0 atom stereocenters. The SMILES string of the molecule is CS(=O)(=O)Nc1ccc2c(C(N)=O)cn(-c3cccc(-c4ccc(F)cc4F)c3)c2c1. The Kier molecular flexibility index (Phi) is 4.98. The van der Waals surface area contributed by atoms with Crippen LogP contribution in [0.25, 0.3) is 27.7 Å². The van der Waals surface area contributed by atoms with Crippen molar-refractivity contribution < 1.29 is 22.0 Å². The molecular weight excluding hydrogens is 424 g/mol. The maximum Gasteiger partial charge on any atom is 0.250 e. The Morgan fingerprint density at radius 3 is 2.48 bits per heavy atom. The molecule has 6 nitrogen and oxygen atoms in total. The predicted octanol–water partition coefficient (Wildman–Crippen LogP) is 4.05. The standard InChI is InChI=1S/C22H17F2N3O3S/c1-31(29,30)26-15-6-8-18-19(22(25)28)12-27(21(18)11-15)16-4-2-3-13(9-16)17-7-5-14(23)10-20(17)24/h2-12,26H,1H3,(H2,25,28). The van der Waals surface area contributed by atoms with Crippen molar-refractivity contribution in [2.24, 2.45) is 5.73 Å². The van der Waals surface area contributed by atoms with E-state index in [-0.39, 0.29) is 11.1 Å². The molecule has 0 aliphatic carbocycles. The quantitative estimate of drug-likeness (QED) is 0.489. The van der Waals surface area contributed by atoms with E-state index in [0.717, 1.165) is 12.3 Å². The van der Waals surface area contributed by atoms with Crippen LogP contribution in [0.5, 0.6) is 0 Å². The van der Waals surface area contributed by atoms with E-state index in [1.54, 1.807) is 41.0 Å². The molecule has 0 spiro atoms. The Morgan fingerprint density at radius 1 is 1.03 bits per heavy atom. The monoisotopic (exact) mass is 441 g/mol. The summed E-state index contributed by atoms with van der Waals surface area (Å²) in [6, 6.07) is 14.8. The highest BCUT2D eigenvalue weighted by Crippen LogP contribution is 2.30. The lowest BCUT2D eigenvalue weighted by atomic mass is 10.0. The minimum atomic E-state index is -3.51. The van der Waals surface area contributed by atoms with E-state index >= 15 is 0 Å². The number of carbonyl (C=O) groups is 1. The van der Waals surface area contributed by atoms with Crippen LogP contribution in [-0.2, 0) is 10.0 Å². The van der Waals surface area contributed by atoms with Crippen LogP contribution in [0.4, 0.5) is 14.5 Å². The number of hydrogen-bond donors (Lipinski definition) is 2. The van der Waals surface area contributed by atoms with Crippen molar-refractivity contribution in [3.63, 3.8) is 0 Å². The molecule has 1 amide bonds. The predicted molar refractivity (Wildman–Crippen MR) is 116 cm³/mol. The van der Waals surface area contributed by atoms with Gasteiger partial charge in [-0.05, 0) is 48.0 Å². The number of rotatable bonds is 5. The molecule has 0 bridgehead atoms. The minimum absolute atomic E-state index is 0.217. The number of benzene rings is 3. The molecule has 0 unspecified atom stereocenters. The molecule has 0 fully saturated rings. The number of fused-ring (bicyclic) bond motifs is 1. The number of amides is 1. The minimum Gasteiger partial charge on any atom is -0.366 e. The van der Waals surface area contributed by atoms with Crippen LogP contribution in [0, 0.1) is 11.6 Å². The molecule has 3 aromatic carbocycles. The molecule has 4 aromatic rings. The van der Waals surface area contributed by atoms with Crippen molar-refractivity contribution in [1.82, 2.24) is 4.57 Å². The molecular formula is C22H17F2N3O3S. The lowest BCUT2D eigenvalue weighted by molar-refractivity contribution is 0.100. The molecule has 1 heterocycles. The first-order chi connectivity index (χ1) is 14.6. The summed E-state index contributed by atoms with van der Waals surface area (Å²) in [6.45, 7) is 0. The van der Waals surface area contributed by atoms with Gasteiger partial charge in [-0.1, -0.05) is 12.1 Å². The van der Waals surface area contributed by atoms with Gasteiger partial charge in [0.2, 0.25) is 10.0 Å². The van der Waals surface area contributed by atoms with Crippen molar-refractivity contribution in [1.29, 1.82) is 0 Å². The van der Waals surface area contributed by atoms with E-state index in [0.29, 0.717) is 27.8 Å². The Morgan fingerprint density at radius 2 is 1.81 bits per heavy atom. The fraction of sp³-hybridized carbons (Fsp3) is 0.0455. The normalized spacial score (nSPS) is 11.6. The first-order valence-electron chi connectivity index (χ1n) is 9.11. The number of sulfonamides is 1. The topological polar surface area (TPSA) is 94.2 Å². The van der Waals surface area contributed by atoms with Gasteiger partial charge < -0.3 is 10.3 Å². The summed E-state index contributed by atoms with van der Waals surface area (Å²) < 4.78 is 54.8. The van der Waals surface area contributed by atoms with Crippen molar-refractivity contribution in [3.05, 3.63) is 84.1 Å². The van der Waals surface area contributed by atoms with E-state index < -0.39 is 27.6 Å². The van der Waals surface area contributed by atoms with E-state index in [1.807, 2.05) is 0 Å². The van der Waals surface area contributed by atoms with Crippen molar-refractivity contribution in [2.75, 3.05) is 11.0 Å². The van der Waals surface area contributed by atoms with Gasteiger partial charge in [-0.25, -0.2) is 17.2 Å². The summed E-state index contributed by atoms with van der Waals surface area (Å²) in [6.07, 6.45) is 2.57. The number of carbonyl (C=O) groups excluding carboxylic acids is 1. The number of nitrogens with two attached hydrogens (primary N) is 1. The van der Waals surface area contributed by atoms with Gasteiger partial charge in [0.25, 0.3) is 5.91 Å². The molecule has 158 valence electrons. The average Bonchev–Trinajstić information content (AvgIpc) is 3.06. The van der Waals surface area contributed by atoms with E-state index in [2.05, 4.69) is 4.72 Å². The van der Waals surface area contributed by atoms with Crippen LogP contribution < -0.4 is 10.5 Å². The number of nitrogens with one attached hydrogen (secondary N) is 1. The average molecular weight is 441 g/mol. The highest BCUT2D eigenvalue weighted by atomic mass is 32.2. The smallest absolute Gasteiger partial charge is 0.250 e. The summed E-state index contributed by atoms with van der Waals surface area (Å²) in [5.41, 5.74) is 7.90. The Balaban J connectivity index is 1.91. The highest BCUT2D eigenvalue weighted by Gasteiger charge is 2.16. The molecule has 0 radical (unpaired) electrons. The van der Waals surface area contributed by atoms with E-state index in [1.165, 1.54) is 24.4 Å². The lowest BCUT2D eigenvalue weighted by Crippen LogP contribution is -2.10. The summed E-state index contributed by atoms with van der Waals surface area (Å²) >= 11 is 0. The molecule has 9 heteroatoms. The van der Waals surface area contributed by atoms with Crippen molar-refractivity contribution >= 4 is 32.5 Å². The van der Waals surface area contributed by atoms with Gasteiger partial charge in [0, 0.05) is 28.9 Å². The molecule has 0 saturated heterocycles. The highest BCUT2D eigenvalue weighted by molar-refractivity contribution is 7.92. The van der Waals surface area contributed by atoms with Crippen LogP contribution in [0.15, 0.2) is 66.9 Å². The number of primary amides is 1. The number of aromatic nitrogens is 1. The molecule has 4 rings (SSSR count). The van der Waals surface area contributed by atoms with Crippen LogP contribution in [0.1, 0.15) is 10.4 Å². The van der Waals surface area contributed by atoms with Gasteiger partial charge >= 0.3 is 0 Å². The van der Waals surface area contributed by atoms with E-state index in [9.17, 15) is 22.0 Å². The zero-order chi connectivity index (χ0) is 22.3. The Hall–Kier alpha value is -3.72. The third-order valence-electron chi connectivity index (χ3n) is 4.74. The van der Waals surface area contributed by atoms with Gasteiger partial charge in [0.05, 0.1) is 23.0 Å². The maximum absolute atomic E-state index is 14.3. The summed E-state index contributed by atoms with van der Waals surface area (Å²) in [4.78, 5) is 12.0. The van der Waals surface area contributed by atoms with Crippen molar-refractivity contribution in [2.45, 2.75) is 0 Å². The van der Waals surface area contributed by atoms with Gasteiger partial charge in [-0.2, -0.15) is 0 Å². The second kappa shape index (κ2) is 7.51. The number of hydrogen-bond acceptors (Lipinski definition) is 3. The van der Waals surface area contributed by atoms with Crippen LogP contribution >= 0.6 is 0 Å². The maximum atomic E-state index is 14.3. The van der Waals surface area contributed by atoms with Gasteiger partial charge in [-0.15, -0.1) is 0 Å². The van der Waals surface area contributed by atoms with Crippen LogP contribution in [0.2, 0.25) is 0 Å². The number of anilines is 1. The fourth-order valence-corrected chi connectivity index (χ4v) is 4.02. The molecule has 0 aliphatic heterocycles. The van der Waals surface area contributed by atoms with Gasteiger partial charge in [-0.3, -0.25) is 9.52 Å². The molecule has 31 heavy (non-hydrogen) atoms.